The number of hydrogen-bond acceptors (Lipinski definition) is 3. The van der Waals surface area contributed by atoms with Crippen LogP contribution in [0, 0.1) is 0 Å². The van der Waals surface area contributed by atoms with E-state index < -0.39 is 5.97 Å². The van der Waals surface area contributed by atoms with Crippen molar-refractivity contribution in [3.05, 3.63) is 26.3 Å². The predicted octanol–water partition coefficient (Wildman–Crippen LogP) is 1.60. The molecule has 1 aromatic rings. The van der Waals surface area contributed by atoms with Crippen LogP contribution in [0.1, 0.15) is 42.0 Å². The Morgan fingerprint density at radius 3 is 2.69 bits per heavy atom. The summed E-state index contributed by atoms with van der Waals surface area (Å²) >= 11 is 3.00. The SMILES string of the molecule is CCn1c(C2CC2)nc(C(=O)O)c(Br)c1=O. The lowest BCUT2D eigenvalue weighted by atomic mass is 10.3. The monoisotopic (exact) mass is 286 g/mol. The number of halogens is 1. The molecular weight excluding hydrogens is 276 g/mol. The quantitative estimate of drug-likeness (QED) is 0.916. The molecule has 5 nitrogen and oxygen atoms in total. The van der Waals surface area contributed by atoms with E-state index in [1.807, 2.05) is 6.92 Å². The van der Waals surface area contributed by atoms with E-state index >= 15 is 0 Å². The van der Waals surface area contributed by atoms with Crippen molar-refractivity contribution in [2.45, 2.75) is 32.2 Å². The summed E-state index contributed by atoms with van der Waals surface area (Å²) in [6.07, 6.45) is 1.96. The van der Waals surface area contributed by atoms with E-state index in [1.54, 1.807) is 0 Å². The van der Waals surface area contributed by atoms with Gasteiger partial charge in [0.05, 0.1) is 0 Å². The number of aromatic nitrogens is 2. The normalized spacial score (nSPS) is 15.1. The summed E-state index contributed by atoms with van der Waals surface area (Å²) in [6, 6.07) is 0. The summed E-state index contributed by atoms with van der Waals surface area (Å²) in [7, 11) is 0. The number of nitrogens with zero attached hydrogens (tertiary/aromatic N) is 2. The first-order chi connectivity index (χ1) is 7.56. The molecule has 1 aromatic heterocycles. The van der Waals surface area contributed by atoms with Gasteiger partial charge in [-0.25, -0.2) is 9.78 Å². The maximum absolute atomic E-state index is 11.9. The summed E-state index contributed by atoms with van der Waals surface area (Å²) in [5, 5.41) is 8.94. The van der Waals surface area contributed by atoms with Gasteiger partial charge >= 0.3 is 5.97 Å². The second-order valence-electron chi connectivity index (χ2n) is 3.76. The fraction of sp³-hybridized carbons (Fsp3) is 0.500. The number of aromatic carboxylic acids is 1. The van der Waals surface area contributed by atoms with Gasteiger partial charge < -0.3 is 5.11 Å². The third-order valence-electron chi connectivity index (χ3n) is 2.61. The summed E-state index contributed by atoms with van der Waals surface area (Å²) in [5.74, 6) is -0.318. The highest BCUT2D eigenvalue weighted by Gasteiger charge is 2.30. The zero-order valence-corrected chi connectivity index (χ0v) is 10.3. The van der Waals surface area contributed by atoms with Gasteiger partial charge in [-0.2, -0.15) is 0 Å². The molecule has 0 unspecified atom stereocenters. The molecular formula is C10H11BrN2O3. The van der Waals surface area contributed by atoms with Gasteiger partial charge in [0.2, 0.25) is 0 Å². The molecule has 1 aliphatic rings. The standard InChI is InChI=1S/C10H11BrN2O3/c1-2-13-8(5-3-4-5)12-7(10(15)16)6(11)9(13)14/h5H,2-4H2,1H3,(H,15,16). The van der Waals surface area contributed by atoms with E-state index in [9.17, 15) is 9.59 Å². The number of carboxylic acid groups (broad SMARTS) is 1. The molecule has 0 spiro atoms. The molecule has 0 aromatic carbocycles. The van der Waals surface area contributed by atoms with Gasteiger partial charge in [-0.3, -0.25) is 9.36 Å². The number of carbonyl (C=O) groups is 1. The number of rotatable bonds is 3. The van der Waals surface area contributed by atoms with Gasteiger partial charge in [-0.05, 0) is 35.7 Å². The molecule has 6 heteroatoms. The Balaban J connectivity index is 2.68. The minimum Gasteiger partial charge on any atom is -0.476 e. The van der Waals surface area contributed by atoms with Gasteiger partial charge in [0.1, 0.15) is 10.3 Å². The van der Waals surface area contributed by atoms with E-state index in [4.69, 9.17) is 5.11 Å². The molecule has 0 atom stereocenters. The average molecular weight is 287 g/mol. The lowest BCUT2D eigenvalue weighted by molar-refractivity contribution is 0.0688. The summed E-state index contributed by atoms with van der Waals surface area (Å²) < 4.78 is 1.57. The molecule has 0 amide bonds. The Bertz CT molecular complexity index is 506. The molecule has 16 heavy (non-hydrogen) atoms. The lowest BCUT2D eigenvalue weighted by Crippen LogP contribution is -2.27. The maximum Gasteiger partial charge on any atom is 0.355 e. The van der Waals surface area contributed by atoms with E-state index in [1.165, 1.54) is 4.57 Å². The van der Waals surface area contributed by atoms with Crippen LogP contribution in [0.15, 0.2) is 9.27 Å². The summed E-state index contributed by atoms with van der Waals surface area (Å²) in [4.78, 5) is 26.9. The molecule has 2 rings (SSSR count). The highest BCUT2D eigenvalue weighted by atomic mass is 79.9. The second-order valence-corrected chi connectivity index (χ2v) is 4.55. The van der Waals surface area contributed by atoms with Crippen LogP contribution in [0.5, 0.6) is 0 Å². The van der Waals surface area contributed by atoms with E-state index in [2.05, 4.69) is 20.9 Å². The lowest BCUT2D eigenvalue weighted by Gasteiger charge is -2.11. The average Bonchev–Trinajstić information content (AvgIpc) is 3.04. The Morgan fingerprint density at radius 2 is 2.25 bits per heavy atom. The molecule has 0 radical (unpaired) electrons. The van der Waals surface area contributed by atoms with Crippen LogP contribution in [-0.4, -0.2) is 20.6 Å². The highest BCUT2D eigenvalue weighted by Crippen LogP contribution is 2.38. The summed E-state index contributed by atoms with van der Waals surface area (Å²) in [6.45, 7) is 2.36. The molecule has 1 N–H and O–H groups in total. The van der Waals surface area contributed by atoms with Gasteiger partial charge in [0, 0.05) is 12.5 Å². The predicted molar refractivity (Wildman–Crippen MR) is 60.8 cm³/mol. The van der Waals surface area contributed by atoms with Crippen LogP contribution in [0.2, 0.25) is 0 Å². The Labute approximate surface area is 100 Å². The minimum absolute atomic E-state index is 0.0336. The van der Waals surface area contributed by atoms with E-state index in [0.717, 1.165) is 12.8 Å². The first-order valence-electron chi connectivity index (χ1n) is 5.09. The van der Waals surface area contributed by atoms with Gasteiger partial charge in [0.25, 0.3) is 5.56 Å². The number of carboxylic acids is 1. The molecule has 86 valence electrons. The zero-order valence-electron chi connectivity index (χ0n) is 8.73. The molecule has 0 aliphatic heterocycles. The highest BCUT2D eigenvalue weighted by molar-refractivity contribution is 9.10. The third-order valence-corrected chi connectivity index (χ3v) is 3.32. The van der Waals surface area contributed by atoms with Gasteiger partial charge in [-0.15, -0.1) is 0 Å². The minimum atomic E-state index is -1.17. The molecule has 1 fully saturated rings. The Morgan fingerprint density at radius 1 is 1.62 bits per heavy atom. The van der Waals surface area contributed by atoms with Crippen molar-refractivity contribution < 1.29 is 9.90 Å². The second kappa shape index (κ2) is 4.01. The Kier molecular flexibility index (Phi) is 2.84. The van der Waals surface area contributed by atoms with E-state index in [0.29, 0.717) is 12.4 Å². The molecule has 0 saturated heterocycles. The topological polar surface area (TPSA) is 72.2 Å². The van der Waals surface area contributed by atoms with Crippen LogP contribution in [0.25, 0.3) is 0 Å². The van der Waals surface area contributed by atoms with Gasteiger partial charge in [0.15, 0.2) is 5.69 Å². The van der Waals surface area contributed by atoms with Crippen molar-refractivity contribution >= 4 is 21.9 Å². The third kappa shape index (κ3) is 1.77. The maximum atomic E-state index is 11.9. The van der Waals surface area contributed by atoms with Crippen LogP contribution in [-0.2, 0) is 6.54 Å². The molecule has 0 bridgehead atoms. The van der Waals surface area contributed by atoms with E-state index in [-0.39, 0.29) is 21.6 Å². The molecule has 1 aliphatic carbocycles. The fourth-order valence-electron chi connectivity index (χ4n) is 1.65. The zero-order chi connectivity index (χ0) is 11.9. The first-order valence-corrected chi connectivity index (χ1v) is 5.89. The van der Waals surface area contributed by atoms with Crippen LogP contribution in [0.3, 0.4) is 0 Å². The number of hydrogen-bond donors (Lipinski definition) is 1. The largest absolute Gasteiger partial charge is 0.476 e. The van der Waals surface area contributed by atoms with Gasteiger partial charge in [-0.1, -0.05) is 0 Å². The van der Waals surface area contributed by atoms with Crippen molar-refractivity contribution in [1.29, 1.82) is 0 Å². The van der Waals surface area contributed by atoms with Crippen molar-refractivity contribution in [2.75, 3.05) is 0 Å². The molecule has 1 saturated carbocycles. The van der Waals surface area contributed by atoms with Crippen LogP contribution in [0.4, 0.5) is 0 Å². The first kappa shape index (κ1) is 11.3. The van der Waals surface area contributed by atoms with Crippen molar-refractivity contribution in [3.63, 3.8) is 0 Å². The fourth-order valence-corrected chi connectivity index (χ4v) is 2.12. The Hall–Kier alpha value is -1.17. The smallest absolute Gasteiger partial charge is 0.355 e. The molecule has 1 heterocycles. The van der Waals surface area contributed by atoms with Crippen molar-refractivity contribution in [1.82, 2.24) is 9.55 Å². The van der Waals surface area contributed by atoms with Crippen molar-refractivity contribution in [2.24, 2.45) is 0 Å². The summed E-state index contributed by atoms with van der Waals surface area (Å²) in [5.41, 5.74) is -0.492. The van der Waals surface area contributed by atoms with Crippen molar-refractivity contribution in [3.8, 4) is 0 Å². The van der Waals surface area contributed by atoms with Crippen LogP contribution >= 0.6 is 15.9 Å². The van der Waals surface area contributed by atoms with Crippen LogP contribution < -0.4 is 5.56 Å².